The number of halogens is 2. The van der Waals surface area contributed by atoms with Crippen LogP contribution in [0.3, 0.4) is 0 Å². The summed E-state index contributed by atoms with van der Waals surface area (Å²) >= 11 is 11.7. The number of fused-ring (bicyclic) bond motifs is 1. The first-order chi connectivity index (χ1) is 16.7. The van der Waals surface area contributed by atoms with Gasteiger partial charge >= 0.3 is 0 Å². The fraction of sp³-hybridized carbons (Fsp3) is 0.192. The lowest BCUT2D eigenvalue weighted by atomic mass is 10.0. The van der Waals surface area contributed by atoms with Gasteiger partial charge in [-0.25, -0.2) is 0 Å². The second-order valence-corrected chi connectivity index (χ2v) is 9.07. The maximum absolute atomic E-state index is 13.0. The highest BCUT2D eigenvalue weighted by molar-refractivity contribution is 6.35. The number of carbonyl (C=O) groups is 3. The number of aromatic nitrogens is 1. The van der Waals surface area contributed by atoms with E-state index in [4.69, 9.17) is 23.2 Å². The van der Waals surface area contributed by atoms with E-state index in [1.165, 1.54) is 0 Å². The topological polar surface area (TPSA) is 103 Å². The number of hydrogen-bond donors (Lipinski definition) is 4. The first-order valence-electron chi connectivity index (χ1n) is 11.0. The molecule has 0 fully saturated rings. The number of carbonyl (C=O) groups excluding carboxylic acids is 3. The Kier molecular flexibility index (Phi) is 7.00. The first kappa shape index (κ1) is 24.6. The molecule has 2 aromatic carbocycles. The Bertz CT molecular complexity index is 1380. The van der Waals surface area contributed by atoms with E-state index >= 15 is 0 Å². The SMILES string of the molecule is Cc1[nH]c(/C=C2\C(=O)Nc3ccc(C(=O)N[C@H](C)c4cccc(Cl)c4)cc32)c(C)c1NC(=O)CCl. The Morgan fingerprint density at radius 1 is 1.14 bits per heavy atom. The van der Waals surface area contributed by atoms with Crippen molar-refractivity contribution in [3.8, 4) is 0 Å². The molecular weight excluding hydrogens is 487 g/mol. The summed E-state index contributed by atoms with van der Waals surface area (Å²) in [6, 6.07) is 12.1. The lowest BCUT2D eigenvalue weighted by Gasteiger charge is -2.15. The van der Waals surface area contributed by atoms with Crippen molar-refractivity contribution in [2.75, 3.05) is 16.5 Å². The van der Waals surface area contributed by atoms with E-state index in [-0.39, 0.29) is 29.6 Å². The Morgan fingerprint density at radius 3 is 2.63 bits per heavy atom. The zero-order valence-electron chi connectivity index (χ0n) is 19.4. The van der Waals surface area contributed by atoms with Gasteiger partial charge in [0.05, 0.1) is 17.3 Å². The summed E-state index contributed by atoms with van der Waals surface area (Å²) in [6.07, 6.45) is 1.72. The largest absolute Gasteiger partial charge is 0.357 e. The summed E-state index contributed by atoms with van der Waals surface area (Å²) in [7, 11) is 0. The highest BCUT2D eigenvalue weighted by Crippen LogP contribution is 2.35. The molecule has 3 aromatic rings. The first-order valence-corrected chi connectivity index (χ1v) is 11.9. The minimum atomic E-state index is -0.317. The number of alkyl halides is 1. The van der Waals surface area contributed by atoms with Gasteiger partial charge in [-0.2, -0.15) is 0 Å². The van der Waals surface area contributed by atoms with Gasteiger partial charge in [0.25, 0.3) is 11.8 Å². The monoisotopic (exact) mass is 510 g/mol. The average Bonchev–Trinajstić information content (AvgIpc) is 3.28. The van der Waals surface area contributed by atoms with Crippen molar-refractivity contribution < 1.29 is 14.4 Å². The molecule has 1 aliphatic heterocycles. The van der Waals surface area contributed by atoms with Crippen LogP contribution in [0.4, 0.5) is 11.4 Å². The summed E-state index contributed by atoms with van der Waals surface area (Å²) in [6.45, 7) is 5.55. The fourth-order valence-electron chi connectivity index (χ4n) is 4.04. The van der Waals surface area contributed by atoms with E-state index in [1.807, 2.05) is 39.0 Å². The van der Waals surface area contributed by atoms with Gasteiger partial charge in [0.15, 0.2) is 0 Å². The number of nitrogens with one attached hydrogen (secondary N) is 4. The molecule has 7 nitrogen and oxygen atoms in total. The van der Waals surface area contributed by atoms with Crippen LogP contribution in [-0.4, -0.2) is 28.6 Å². The molecule has 0 saturated heterocycles. The van der Waals surface area contributed by atoms with Crippen molar-refractivity contribution >= 4 is 63.9 Å². The van der Waals surface area contributed by atoms with Crippen LogP contribution in [0, 0.1) is 13.8 Å². The molecule has 0 bridgehead atoms. The zero-order valence-corrected chi connectivity index (χ0v) is 20.9. The van der Waals surface area contributed by atoms with Gasteiger partial charge in [-0.1, -0.05) is 23.7 Å². The molecule has 0 spiro atoms. The van der Waals surface area contributed by atoms with Crippen LogP contribution in [0.1, 0.15) is 51.4 Å². The molecule has 4 N–H and O–H groups in total. The van der Waals surface area contributed by atoms with Crippen LogP contribution < -0.4 is 16.0 Å². The molecule has 9 heteroatoms. The lowest BCUT2D eigenvalue weighted by Crippen LogP contribution is -2.26. The molecule has 1 aliphatic rings. The fourth-order valence-corrected chi connectivity index (χ4v) is 4.30. The maximum Gasteiger partial charge on any atom is 0.256 e. The Hall–Kier alpha value is -3.55. The minimum Gasteiger partial charge on any atom is -0.357 e. The number of benzene rings is 2. The predicted molar refractivity (Wildman–Crippen MR) is 140 cm³/mol. The van der Waals surface area contributed by atoms with E-state index in [9.17, 15) is 14.4 Å². The van der Waals surface area contributed by atoms with Gasteiger partial charge in [0.1, 0.15) is 5.88 Å². The number of hydrogen-bond acceptors (Lipinski definition) is 3. The van der Waals surface area contributed by atoms with Gasteiger partial charge in [0, 0.05) is 33.2 Å². The predicted octanol–water partition coefficient (Wildman–Crippen LogP) is 5.45. The van der Waals surface area contributed by atoms with Crippen molar-refractivity contribution in [1.82, 2.24) is 10.3 Å². The van der Waals surface area contributed by atoms with Gasteiger partial charge < -0.3 is 20.9 Å². The standard InChI is InChI=1S/C26H24Cl2N4O3/c1-13-22(29-15(3)24(13)32-23(33)12-27)11-20-19-10-17(7-8-21(19)31-26(20)35)25(34)30-14(2)16-5-4-6-18(28)9-16/h4-11,14,29H,12H2,1-3H3,(H,30,34)(H,31,35)(H,32,33)/b20-11-/t14-/m1/s1. The maximum atomic E-state index is 13.0. The number of H-pyrrole nitrogens is 1. The third-order valence-electron chi connectivity index (χ3n) is 5.91. The van der Waals surface area contributed by atoms with Crippen LogP contribution in [-0.2, 0) is 9.59 Å². The molecule has 180 valence electrons. The van der Waals surface area contributed by atoms with E-state index in [1.54, 1.807) is 30.3 Å². The van der Waals surface area contributed by atoms with Crippen LogP contribution in [0.15, 0.2) is 42.5 Å². The van der Waals surface area contributed by atoms with E-state index in [0.717, 1.165) is 16.8 Å². The number of aromatic amines is 1. The summed E-state index contributed by atoms with van der Waals surface area (Å²) in [5.41, 5.74) is 5.80. The number of anilines is 2. The quantitative estimate of drug-likeness (QED) is 0.262. The Balaban J connectivity index is 1.62. The molecule has 1 atom stereocenters. The molecule has 0 radical (unpaired) electrons. The third-order valence-corrected chi connectivity index (χ3v) is 6.39. The smallest absolute Gasteiger partial charge is 0.256 e. The minimum absolute atomic E-state index is 0.156. The number of amides is 3. The molecule has 0 unspecified atom stereocenters. The van der Waals surface area contributed by atoms with E-state index in [0.29, 0.717) is 38.8 Å². The molecule has 2 heterocycles. The Morgan fingerprint density at radius 2 is 1.91 bits per heavy atom. The Labute approximate surface area is 212 Å². The summed E-state index contributed by atoms with van der Waals surface area (Å²) < 4.78 is 0. The lowest BCUT2D eigenvalue weighted by molar-refractivity contribution is -0.114. The van der Waals surface area contributed by atoms with E-state index in [2.05, 4.69) is 20.9 Å². The highest BCUT2D eigenvalue weighted by atomic mass is 35.5. The van der Waals surface area contributed by atoms with Gasteiger partial charge in [-0.15, -0.1) is 11.6 Å². The third kappa shape index (κ3) is 5.11. The molecule has 1 aromatic heterocycles. The van der Waals surface area contributed by atoms with Crippen LogP contribution in [0.2, 0.25) is 5.02 Å². The van der Waals surface area contributed by atoms with Gasteiger partial charge in [-0.3, -0.25) is 14.4 Å². The van der Waals surface area contributed by atoms with Crippen molar-refractivity contribution in [1.29, 1.82) is 0 Å². The van der Waals surface area contributed by atoms with Crippen molar-refractivity contribution in [2.45, 2.75) is 26.8 Å². The van der Waals surface area contributed by atoms with Gasteiger partial charge in [-0.05, 0) is 68.3 Å². The van der Waals surface area contributed by atoms with Crippen molar-refractivity contribution in [3.05, 3.63) is 81.1 Å². The van der Waals surface area contributed by atoms with Gasteiger partial charge in [0.2, 0.25) is 5.91 Å². The molecule has 0 aliphatic carbocycles. The van der Waals surface area contributed by atoms with Crippen LogP contribution >= 0.6 is 23.2 Å². The second kappa shape index (κ2) is 9.98. The highest BCUT2D eigenvalue weighted by Gasteiger charge is 2.26. The summed E-state index contributed by atoms with van der Waals surface area (Å²) in [5.74, 6) is -1.01. The average molecular weight is 511 g/mol. The number of rotatable bonds is 6. The van der Waals surface area contributed by atoms with Crippen LogP contribution in [0.5, 0.6) is 0 Å². The van der Waals surface area contributed by atoms with Crippen LogP contribution in [0.25, 0.3) is 11.6 Å². The molecule has 4 rings (SSSR count). The molecule has 35 heavy (non-hydrogen) atoms. The second-order valence-electron chi connectivity index (χ2n) is 8.37. The number of aryl methyl sites for hydroxylation is 1. The normalized spacial score (nSPS) is 14.4. The summed E-state index contributed by atoms with van der Waals surface area (Å²) in [4.78, 5) is 40.7. The summed E-state index contributed by atoms with van der Waals surface area (Å²) in [5, 5.41) is 9.17. The van der Waals surface area contributed by atoms with Crippen molar-refractivity contribution in [2.24, 2.45) is 0 Å². The molecule has 3 amide bonds. The molecule has 0 saturated carbocycles. The van der Waals surface area contributed by atoms with Crippen molar-refractivity contribution in [3.63, 3.8) is 0 Å². The zero-order chi connectivity index (χ0) is 25.3. The van der Waals surface area contributed by atoms with E-state index < -0.39 is 0 Å². The molecular formula is C26H24Cl2N4O3.